The fourth-order valence-electron chi connectivity index (χ4n) is 1.82. The Labute approximate surface area is 130 Å². The van der Waals surface area contributed by atoms with Gasteiger partial charge in [-0.1, -0.05) is 23.4 Å². The van der Waals surface area contributed by atoms with Crippen molar-refractivity contribution in [2.75, 3.05) is 5.32 Å². The second kappa shape index (κ2) is 7.37. The highest BCUT2D eigenvalue weighted by atomic mass is 32.1. The molecular formula is C15H14N2O4S. The fraction of sp³-hybridized carbons (Fsp3) is 0.133. The third-order valence-electron chi connectivity index (χ3n) is 2.92. The van der Waals surface area contributed by atoms with Gasteiger partial charge in [-0.25, -0.2) is 0 Å². The number of carboxylic acids is 1. The van der Waals surface area contributed by atoms with E-state index in [9.17, 15) is 9.59 Å². The first-order chi connectivity index (χ1) is 10.6. The Morgan fingerprint density at radius 1 is 1.14 bits per heavy atom. The molecule has 0 fully saturated rings. The van der Waals surface area contributed by atoms with E-state index in [1.165, 1.54) is 11.3 Å². The van der Waals surface area contributed by atoms with Crippen LogP contribution in [-0.2, 0) is 4.79 Å². The van der Waals surface area contributed by atoms with E-state index in [-0.39, 0.29) is 18.7 Å². The van der Waals surface area contributed by atoms with Crippen LogP contribution >= 0.6 is 11.3 Å². The van der Waals surface area contributed by atoms with Gasteiger partial charge < -0.3 is 15.6 Å². The van der Waals surface area contributed by atoms with E-state index in [4.69, 9.17) is 10.3 Å². The number of benzene rings is 1. The van der Waals surface area contributed by atoms with Crippen LogP contribution in [0.4, 0.5) is 5.69 Å². The van der Waals surface area contributed by atoms with Gasteiger partial charge in [0.25, 0.3) is 5.91 Å². The molecular weight excluding hydrogens is 304 g/mol. The van der Waals surface area contributed by atoms with Gasteiger partial charge in [-0.15, -0.1) is 11.3 Å². The van der Waals surface area contributed by atoms with Crippen LogP contribution in [0.15, 0.2) is 46.9 Å². The number of anilines is 1. The third-order valence-corrected chi connectivity index (χ3v) is 3.79. The summed E-state index contributed by atoms with van der Waals surface area (Å²) in [6.45, 7) is 0. The molecule has 0 saturated heterocycles. The highest BCUT2D eigenvalue weighted by molar-refractivity contribution is 7.12. The molecule has 2 aromatic rings. The van der Waals surface area contributed by atoms with Crippen LogP contribution in [0.1, 0.15) is 28.1 Å². The normalized spacial score (nSPS) is 11.2. The largest absolute Gasteiger partial charge is 0.481 e. The first kappa shape index (κ1) is 15.7. The van der Waals surface area contributed by atoms with E-state index >= 15 is 0 Å². The molecule has 0 aliphatic heterocycles. The predicted octanol–water partition coefficient (Wildman–Crippen LogP) is 3.04. The maximum absolute atomic E-state index is 11.9. The molecule has 0 saturated carbocycles. The third kappa shape index (κ3) is 4.16. The van der Waals surface area contributed by atoms with Crippen molar-refractivity contribution in [2.45, 2.75) is 12.8 Å². The number of carboxylic acid groups (broad SMARTS) is 1. The number of nitrogens with zero attached hydrogens (tertiary/aromatic N) is 1. The lowest BCUT2D eigenvalue weighted by molar-refractivity contribution is -0.136. The molecule has 22 heavy (non-hydrogen) atoms. The Morgan fingerprint density at radius 2 is 1.86 bits per heavy atom. The minimum Gasteiger partial charge on any atom is -0.481 e. The molecule has 0 unspecified atom stereocenters. The van der Waals surface area contributed by atoms with Gasteiger partial charge in [-0.3, -0.25) is 9.59 Å². The highest BCUT2D eigenvalue weighted by Gasteiger charge is 2.09. The average molecular weight is 318 g/mol. The Bertz CT molecular complexity index is 678. The summed E-state index contributed by atoms with van der Waals surface area (Å²) in [6.07, 6.45) is 0.0169. The fourth-order valence-corrected chi connectivity index (χ4v) is 2.44. The standard InChI is InChI=1S/C15H14N2O4S/c18-14(19)8-7-12(17-21)10-3-5-11(6-4-10)16-15(20)13-2-1-9-22-13/h1-6,9,21H,7-8H2,(H,16,20)(H,18,19)/b17-12-. The number of amides is 1. The number of carbonyl (C=O) groups excluding carboxylic acids is 1. The maximum Gasteiger partial charge on any atom is 0.303 e. The Hall–Kier alpha value is -2.67. The lowest BCUT2D eigenvalue weighted by atomic mass is 10.1. The molecule has 0 bridgehead atoms. The summed E-state index contributed by atoms with van der Waals surface area (Å²) in [7, 11) is 0. The first-order valence-corrected chi connectivity index (χ1v) is 7.36. The zero-order valence-corrected chi connectivity index (χ0v) is 12.3. The van der Waals surface area contributed by atoms with Crippen molar-refractivity contribution in [1.29, 1.82) is 0 Å². The van der Waals surface area contributed by atoms with E-state index in [1.54, 1.807) is 36.4 Å². The number of rotatable bonds is 6. The van der Waals surface area contributed by atoms with Crippen molar-refractivity contribution in [3.63, 3.8) is 0 Å². The van der Waals surface area contributed by atoms with E-state index < -0.39 is 5.97 Å². The summed E-state index contributed by atoms with van der Waals surface area (Å²) in [4.78, 5) is 23.1. The molecule has 114 valence electrons. The van der Waals surface area contributed by atoms with Crippen molar-refractivity contribution < 1.29 is 19.9 Å². The molecule has 1 aromatic carbocycles. The van der Waals surface area contributed by atoms with E-state index in [0.717, 1.165) is 0 Å². The molecule has 0 aliphatic carbocycles. The van der Waals surface area contributed by atoms with E-state index in [0.29, 0.717) is 21.8 Å². The van der Waals surface area contributed by atoms with E-state index in [1.807, 2.05) is 5.38 Å². The Morgan fingerprint density at radius 3 is 2.41 bits per heavy atom. The van der Waals surface area contributed by atoms with Crippen LogP contribution in [0.25, 0.3) is 0 Å². The number of hydrogen-bond donors (Lipinski definition) is 3. The molecule has 3 N–H and O–H groups in total. The molecule has 1 aromatic heterocycles. The average Bonchev–Trinajstić information content (AvgIpc) is 3.03. The number of nitrogens with one attached hydrogen (secondary N) is 1. The van der Waals surface area contributed by atoms with Crippen molar-refractivity contribution in [2.24, 2.45) is 5.16 Å². The SMILES string of the molecule is O=C(O)CC/C(=N/O)c1ccc(NC(=O)c2cccs2)cc1. The van der Waals surface area contributed by atoms with Gasteiger partial charge in [0.15, 0.2) is 0 Å². The minimum atomic E-state index is -0.957. The quantitative estimate of drug-likeness (QED) is 0.433. The van der Waals surface area contributed by atoms with Gasteiger partial charge in [0.05, 0.1) is 17.0 Å². The zero-order chi connectivity index (χ0) is 15.9. The smallest absolute Gasteiger partial charge is 0.303 e. The van der Waals surface area contributed by atoms with Gasteiger partial charge in [0.2, 0.25) is 0 Å². The van der Waals surface area contributed by atoms with Crippen molar-refractivity contribution >= 4 is 34.6 Å². The number of thiophene rings is 1. The van der Waals surface area contributed by atoms with Crippen LogP contribution in [0.2, 0.25) is 0 Å². The summed E-state index contributed by atoms with van der Waals surface area (Å²) in [5, 5.41) is 25.3. The van der Waals surface area contributed by atoms with Crippen molar-refractivity contribution in [3.05, 3.63) is 52.2 Å². The van der Waals surface area contributed by atoms with Crippen LogP contribution < -0.4 is 5.32 Å². The van der Waals surface area contributed by atoms with Crippen molar-refractivity contribution in [1.82, 2.24) is 0 Å². The molecule has 2 rings (SSSR count). The summed E-state index contributed by atoms with van der Waals surface area (Å²) in [5.74, 6) is -1.15. The molecule has 1 heterocycles. The van der Waals surface area contributed by atoms with Gasteiger partial charge in [-0.05, 0) is 29.1 Å². The molecule has 7 heteroatoms. The molecule has 0 aliphatic rings. The summed E-state index contributed by atoms with van der Waals surface area (Å²) in [5.41, 5.74) is 1.51. The summed E-state index contributed by atoms with van der Waals surface area (Å²) >= 11 is 1.35. The van der Waals surface area contributed by atoms with Gasteiger partial charge in [0.1, 0.15) is 0 Å². The lowest BCUT2D eigenvalue weighted by Crippen LogP contribution is -2.10. The number of aliphatic carboxylic acids is 1. The number of oxime groups is 1. The predicted molar refractivity (Wildman–Crippen MR) is 83.9 cm³/mol. The zero-order valence-electron chi connectivity index (χ0n) is 11.5. The van der Waals surface area contributed by atoms with Gasteiger partial charge >= 0.3 is 5.97 Å². The highest BCUT2D eigenvalue weighted by Crippen LogP contribution is 2.15. The number of carbonyl (C=O) groups is 2. The Balaban J connectivity index is 2.03. The van der Waals surface area contributed by atoms with Gasteiger partial charge in [0, 0.05) is 12.1 Å². The molecule has 0 atom stereocenters. The monoisotopic (exact) mass is 318 g/mol. The van der Waals surface area contributed by atoms with E-state index in [2.05, 4.69) is 10.5 Å². The summed E-state index contributed by atoms with van der Waals surface area (Å²) < 4.78 is 0. The topological polar surface area (TPSA) is 99.0 Å². The number of hydrogen-bond acceptors (Lipinski definition) is 5. The maximum atomic E-state index is 11.9. The minimum absolute atomic E-state index is 0.115. The van der Waals surface area contributed by atoms with Gasteiger partial charge in [-0.2, -0.15) is 0 Å². The first-order valence-electron chi connectivity index (χ1n) is 6.48. The molecule has 1 amide bonds. The molecule has 0 spiro atoms. The molecule has 6 nitrogen and oxygen atoms in total. The van der Waals surface area contributed by atoms with Crippen molar-refractivity contribution in [3.8, 4) is 0 Å². The van der Waals surface area contributed by atoms with Crippen LogP contribution in [0.5, 0.6) is 0 Å². The second-order valence-corrected chi connectivity index (χ2v) is 5.40. The summed E-state index contributed by atoms with van der Waals surface area (Å²) in [6, 6.07) is 10.2. The Kier molecular flexibility index (Phi) is 5.26. The van der Waals surface area contributed by atoms with Crippen LogP contribution in [0, 0.1) is 0 Å². The van der Waals surface area contributed by atoms with Crippen LogP contribution in [0.3, 0.4) is 0 Å². The van der Waals surface area contributed by atoms with Crippen LogP contribution in [-0.4, -0.2) is 27.9 Å². The lowest BCUT2D eigenvalue weighted by Gasteiger charge is -2.06. The second-order valence-electron chi connectivity index (χ2n) is 4.45. The molecule has 0 radical (unpaired) electrons.